The molecule has 7 nitrogen and oxygen atoms in total. The number of hydrogen-bond donors (Lipinski definition) is 2. The highest BCUT2D eigenvalue weighted by Gasteiger charge is 2.31. The molecule has 0 aliphatic rings. The summed E-state index contributed by atoms with van der Waals surface area (Å²) in [5.41, 5.74) is -1.41. The lowest BCUT2D eigenvalue weighted by molar-refractivity contribution is -0.137. The smallest absolute Gasteiger partial charge is 0.416 e. The van der Waals surface area contributed by atoms with Gasteiger partial charge < -0.3 is 10.1 Å². The van der Waals surface area contributed by atoms with Crippen molar-refractivity contribution < 1.29 is 31.1 Å². The first-order valence-electron chi connectivity index (χ1n) is 10.6. The van der Waals surface area contributed by atoms with E-state index >= 15 is 0 Å². The van der Waals surface area contributed by atoms with Gasteiger partial charge in [0.25, 0.3) is 15.9 Å². The monoisotopic (exact) mass is 581 g/mol. The van der Waals surface area contributed by atoms with Crippen LogP contribution in [0.1, 0.15) is 15.9 Å². The molecule has 0 aliphatic heterocycles. The quantitative estimate of drug-likeness (QED) is 0.239. The summed E-state index contributed by atoms with van der Waals surface area (Å²) in [6, 6.07) is 17.3. The fourth-order valence-electron chi connectivity index (χ4n) is 3.20. The average molecular weight is 582 g/mol. The predicted molar refractivity (Wildman–Crippen MR) is 137 cm³/mol. The van der Waals surface area contributed by atoms with Gasteiger partial charge in [-0.3, -0.25) is 9.52 Å². The summed E-state index contributed by atoms with van der Waals surface area (Å²) < 4.78 is 73.0. The van der Waals surface area contributed by atoms with E-state index in [0.29, 0.717) is 22.6 Å². The molecule has 0 radical (unpaired) electrons. The normalized spacial score (nSPS) is 11.6. The first-order valence-corrected chi connectivity index (χ1v) is 12.9. The number of sulfonamides is 1. The molecule has 4 aromatic rings. The van der Waals surface area contributed by atoms with Gasteiger partial charge in [0.1, 0.15) is 17.3 Å². The summed E-state index contributed by atoms with van der Waals surface area (Å²) >= 11 is 12.1. The molecule has 13 heteroatoms. The zero-order valence-electron chi connectivity index (χ0n) is 19.0. The van der Waals surface area contributed by atoms with Crippen LogP contribution in [-0.4, -0.2) is 19.3 Å². The van der Waals surface area contributed by atoms with Crippen LogP contribution < -0.4 is 14.8 Å². The van der Waals surface area contributed by atoms with Crippen molar-refractivity contribution in [3.05, 3.63) is 106 Å². The van der Waals surface area contributed by atoms with E-state index in [0.717, 1.165) is 12.3 Å². The molecule has 1 amide bonds. The van der Waals surface area contributed by atoms with Gasteiger partial charge in [0.05, 0.1) is 26.7 Å². The molecule has 1 heterocycles. The van der Waals surface area contributed by atoms with Crippen molar-refractivity contribution in [2.75, 3.05) is 10.0 Å². The predicted octanol–water partition coefficient (Wildman–Crippen LogP) is 7.25. The van der Waals surface area contributed by atoms with Gasteiger partial charge in [0.2, 0.25) is 0 Å². The van der Waals surface area contributed by atoms with Crippen molar-refractivity contribution in [1.82, 2.24) is 4.98 Å². The summed E-state index contributed by atoms with van der Waals surface area (Å²) in [6.45, 7) is 0. The van der Waals surface area contributed by atoms with Crippen LogP contribution in [0.4, 0.5) is 24.7 Å². The summed E-state index contributed by atoms with van der Waals surface area (Å²) in [5.74, 6) is -0.597. The van der Waals surface area contributed by atoms with Crippen molar-refractivity contribution in [2.45, 2.75) is 11.1 Å². The number of rotatable bonds is 7. The molecule has 0 saturated carbocycles. The minimum atomic E-state index is -4.65. The van der Waals surface area contributed by atoms with Crippen LogP contribution in [0.15, 0.2) is 90.0 Å². The van der Waals surface area contributed by atoms with Crippen LogP contribution in [0, 0.1) is 0 Å². The first kappa shape index (κ1) is 27.2. The van der Waals surface area contributed by atoms with E-state index in [9.17, 15) is 26.4 Å². The Kier molecular flexibility index (Phi) is 7.81. The van der Waals surface area contributed by atoms with E-state index in [2.05, 4.69) is 15.0 Å². The highest BCUT2D eigenvalue weighted by molar-refractivity contribution is 7.92. The lowest BCUT2D eigenvalue weighted by atomic mass is 10.1. The number of carbonyl (C=O) groups is 1. The number of alkyl halides is 3. The van der Waals surface area contributed by atoms with Gasteiger partial charge in [-0.2, -0.15) is 13.2 Å². The molecule has 0 fully saturated rings. The van der Waals surface area contributed by atoms with E-state index < -0.39 is 27.7 Å². The highest BCUT2D eigenvalue weighted by atomic mass is 35.5. The number of nitrogens with one attached hydrogen (secondary N) is 2. The molecule has 0 unspecified atom stereocenters. The Morgan fingerprint density at radius 1 is 0.921 bits per heavy atom. The van der Waals surface area contributed by atoms with Gasteiger partial charge in [-0.1, -0.05) is 35.3 Å². The lowest BCUT2D eigenvalue weighted by Gasteiger charge is -2.14. The van der Waals surface area contributed by atoms with E-state index in [1.807, 2.05) is 0 Å². The van der Waals surface area contributed by atoms with Crippen molar-refractivity contribution in [3.8, 4) is 11.5 Å². The summed E-state index contributed by atoms with van der Waals surface area (Å²) in [4.78, 5) is 16.4. The average Bonchev–Trinajstić information content (AvgIpc) is 2.86. The van der Waals surface area contributed by atoms with Crippen LogP contribution in [0.25, 0.3) is 0 Å². The maximum absolute atomic E-state index is 13.0. The minimum Gasteiger partial charge on any atom is -0.456 e. The molecule has 3 aromatic carbocycles. The second kappa shape index (κ2) is 10.9. The van der Waals surface area contributed by atoms with E-state index in [1.54, 1.807) is 24.3 Å². The Balaban J connectivity index is 1.55. The zero-order valence-corrected chi connectivity index (χ0v) is 21.3. The van der Waals surface area contributed by atoms with Crippen LogP contribution in [0.2, 0.25) is 10.0 Å². The van der Waals surface area contributed by atoms with Gasteiger partial charge >= 0.3 is 6.18 Å². The zero-order chi connectivity index (χ0) is 27.5. The Morgan fingerprint density at radius 2 is 1.63 bits per heavy atom. The highest BCUT2D eigenvalue weighted by Crippen LogP contribution is 2.32. The summed E-state index contributed by atoms with van der Waals surface area (Å²) in [6.07, 6.45) is -3.76. The fraction of sp³-hybridized carbons (Fsp3) is 0.0400. The summed E-state index contributed by atoms with van der Waals surface area (Å²) in [7, 11) is -4.20. The number of para-hydroxylation sites is 1. The molecule has 38 heavy (non-hydrogen) atoms. The van der Waals surface area contributed by atoms with Crippen LogP contribution in [0.5, 0.6) is 11.5 Å². The van der Waals surface area contributed by atoms with Crippen molar-refractivity contribution in [2.24, 2.45) is 0 Å². The second-order valence-corrected chi connectivity index (χ2v) is 10.2. The van der Waals surface area contributed by atoms with E-state index in [-0.39, 0.29) is 27.0 Å². The number of carbonyl (C=O) groups excluding carboxylic acids is 1. The molecule has 4 rings (SSSR count). The first-order chi connectivity index (χ1) is 17.9. The van der Waals surface area contributed by atoms with Gasteiger partial charge in [-0.05, 0) is 66.7 Å². The SMILES string of the molecule is O=C(Nc1cc(C(F)(F)F)ccn1)c1cc(Cl)ccc1NS(=O)(=O)c1ccc(Oc2ccccc2Cl)cc1. The molecule has 0 spiro atoms. The van der Waals surface area contributed by atoms with Gasteiger partial charge in [-0.15, -0.1) is 0 Å². The van der Waals surface area contributed by atoms with Crippen molar-refractivity contribution in [3.63, 3.8) is 0 Å². The molecular weight excluding hydrogens is 566 g/mol. The number of aromatic nitrogens is 1. The number of benzene rings is 3. The van der Waals surface area contributed by atoms with Gasteiger partial charge in [0.15, 0.2) is 0 Å². The van der Waals surface area contributed by atoms with Crippen LogP contribution in [-0.2, 0) is 16.2 Å². The third-order valence-electron chi connectivity index (χ3n) is 5.00. The number of anilines is 2. The van der Waals surface area contributed by atoms with Gasteiger partial charge in [-0.25, -0.2) is 13.4 Å². The lowest BCUT2D eigenvalue weighted by Crippen LogP contribution is -2.19. The molecule has 0 bridgehead atoms. The standard InChI is InChI=1S/C25H16Cl2F3N3O4S/c26-16-5-10-21(19(14-16)24(34)32-23-13-15(11-12-31-23)25(28,29)30)33-38(35,36)18-8-6-17(7-9-18)37-22-4-2-1-3-20(22)27/h1-14,33H,(H,31,32,34). The van der Waals surface area contributed by atoms with Gasteiger partial charge in [0, 0.05) is 11.2 Å². The number of nitrogens with zero attached hydrogens (tertiary/aromatic N) is 1. The molecule has 196 valence electrons. The Bertz CT molecular complexity index is 1600. The molecule has 0 atom stereocenters. The molecular formula is C25H16Cl2F3N3O4S. The topological polar surface area (TPSA) is 97.4 Å². The van der Waals surface area contributed by atoms with Crippen LogP contribution >= 0.6 is 23.2 Å². The second-order valence-electron chi connectivity index (χ2n) is 7.68. The third-order valence-corrected chi connectivity index (χ3v) is 6.93. The van der Waals surface area contributed by atoms with E-state index in [4.69, 9.17) is 27.9 Å². The van der Waals surface area contributed by atoms with Crippen LogP contribution in [0.3, 0.4) is 0 Å². The Morgan fingerprint density at radius 3 is 2.32 bits per heavy atom. The molecule has 2 N–H and O–H groups in total. The third kappa shape index (κ3) is 6.55. The van der Waals surface area contributed by atoms with Crippen molar-refractivity contribution in [1.29, 1.82) is 0 Å². The molecule has 0 saturated heterocycles. The number of hydrogen-bond acceptors (Lipinski definition) is 5. The van der Waals surface area contributed by atoms with E-state index in [1.165, 1.54) is 42.5 Å². The Labute approximate surface area is 225 Å². The summed E-state index contributed by atoms with van der Waals surface area (Å²) in [5, 5.41) is 2.70. The molecule has 0 aliphatic carbocycles. The molecule has 1 aromatic heterocycles. The fourth-order valence-corrected chi connectivity index (χ4v) is 4.62. The Hall–Kier alpha value is -3.80. The van der Waals surface area contributed by atoms with Crippen molar-refractivity contribution >= 4 is 50.6 Å². The maximum atomic E-state index is 13.0. The number of halogens is 5. The number of ether oxygens (including phenoxy) is 1. The number of amides is 1. The maximum Gasteiger partial charge on any atom is 0.416 e. The minimum absolute atomic E-state index is 0.0937. The largest absolute Gasteiger partial charge is 0.456 e. The number of pyridine rings is 1.